The van der Waals surface area contributed by atoms with E-state index in [1.54, 1.807) is 12.1 Å². The quantitative estimate of drug-likeness (QED) is 0.647. The van der Waals surface area contributed by atoms with Gasteiger partial charge in [0.15, 0.2) is 5.75 Å². The number of halogens is 4. The lowest BCUT2D eigenvalue weighted by molar-refractivity contribution is -0.137. The number of benzene rings is 2. The first-order chi connectivity index (χ1) is 12.2. The Morgan fingerprint density at radius 3 is 2.73 bits per heavy atom. The molecule has 26 heavy (non-hydrogen) atoms. The van der Waals surface area contributed by atoms with E-state index in [9.17, 15) is 22.8 Å². The predicted molar refractivity (Wildman–Crippen MR) is 89.4 cm³/mol. The van der Waals surface area contributed by atoms with Crippen LogP contribution in [-0.4, -0.2) is 25.0 Å². The summed E-state index contributed by atoms with van der Waals surface area (Å²) < 4.78 is 43.3. The topological polar surface area (TPSA) is 58.6 Å². The van der Waals surface area contributed by atoms with Gasteiger partial charge < -0.3 is 15.0 Å². The van der Waals surface area contributed by atoms with Gasteiger partial charge in [-0.05, 0) is 36.4 Å². The van der Waals surface area contributed by atoms with Crippen LogP contribution in [0.2, 0.25) is 5.02 Å². The highest BCUT2D eigenvalue weighted by Crippen LogP contribution is 2.34. The molecule has 0 spiro atoms. The monoisotopic (exact) mass is 384 g/mol. The zero-order chi connectivity index (χ0) is 18.9. The van der Waals surface area contributed by atoms with Gasteiger partial charge in [0.25, 0.3) is 0 Å². The van der Waals surface area contributed by atoms with Crippen molar-refractivity contribution in [3.63, 3.8) is 0 Å². The molecule has 1 N–H and O–H groups in total. The Morgan fingerprint density at radius 2 is 2.00 bits per heavy atom. The van der Waals surface area contributed by atoms with Gasteiger partial charge in [0.2, 0.25) is 5.91 Å². The molecule has 1 amide bonds. The van der Waals surface area contributed by atoms with Crippen molar-refractivity contribution in [3.05, 3.63) is 53.1 Å². The first-order valence-electron chi connectivity index (χ1n) is 7.44. The molecule has 0 fully saturated rings. The lowest BCUT2D eigenvalue weighted by Gasteiger charge is -2.29. The van der Waals surface area contributed by atoms with Gasteiger partial charge in [-0.2, -0.15) is 13.2 Å². The van der Waals surface area contributed by atoms with Crippen molar-refractivity contribution in [3.8, 4) is 5.75 Å². The number of rotatable bonds is 3. The number of nitrogens with zero attached hydrogens (tertiary/aromatic N) is 1. The summed E-state index contributed by atoms with van der Waals surface area (Å²) in [4.78, 5) is 25.3. The summed E-state index contributed by atoms with van der Waals surface area (Å²) in [6.07, 6.45) is -4.51. The molecular weight excluding hydrogens is 373 g/mol. The number of esters is 1. The number of nitrogens with one attached hydrogen (secondary N) is 1. The molecule has 1 aliphatic rings. The highest BCUT2D eigenvalue weighted by atomic mass is 35.5. The summed E-state index contributed by atoms with van der Waals surface area (Å²) in [6, 6.07) is 8.89. The van der Waals surface area contributed by atoms with Gasteiger partial charge in [-0.1, -0.05) is 17.7 Å². The van der Waals surface area contributed by atoms with Crippen LogP contribution in [0.3, 0.4) is 0 Å². The number of amides is 1. The van der Waals surface area contributed by atoms with Gasteiger partial charge >= 0.3 is 12.1 Å². The van der Waals surface area contributed by atoms with Gasteiger partial charge in [0, 0.05) is 10.7 Å². The number of carbonyl (C=O) groups is 2. The lowest BCUT2D eigenvalue weighted by Crippen LogP contribution is -2.41. The van der Waals surface area contributed by atoms with Crippen LogP contribution in [0, 0.1) is 0 Å². The third kappa shape index (κ3) is 4.08. The van der Waals surface area contributed by atoms with Crippen molar-refractivity contribution in [1.29, 1.82) is 0 Å². The summed E-state index contributed by atoms with van der Waals surface area (Å²) in [5.74, 6) is -0.867. The fraction of sp³-hybridized carbons (Fsp3) is 0.176. The van der Waals surface area contributed by atoms with E-state index in [1.165, 1.54) is 23.1 Å². The molecular formula is C17H12ClF3N2O3. The average Bonchev–Trinajstić information content (AvgIpc) is 2.55. The summed E-state index contributed by atoms with van der Waals surface area (Å²) in [5.41, 5.74) is -0.402. The van der Waals surface area contributed by atoms with Crippen LogP contribution in [0.4, 0.5) is 24.5 Å². The van der Waals surface area contributed by atoms with Gasteiger partial charge in [-0.15, -0.1) is 0 Å². The van der Waals surface area contributed by atoms with Crippen LogP contribution in [0.15, 0.2) is 42.5 Å². The van der Waals surface area contributed by atoms with Gasteiger partial charge in [-0.25, -0.2) is 4.79 Å². The van der Waals surface area contributed by atoms with Gasteiger partial charge in [0.1, 0.15) is 6.54 Å². The molecule has 1 aliphatic heterocycles. The molecule has 3 rings (SSSR count). The third-order valence-corrected chi connectivity index (χ3v) is 3.85. The molecule has 0 atom stereocenters. The maximum Gasteiger partial charge on any atom is 0.416 e. The van der Waals surface area contributed by atoms with Crippen LogP contribution < -0.4 is 15.0 Å². The number of carbonyl (C=O) groups excluding carboxylic acids is 2. The van der Waals surface area contributed by atoms with Gasteiger partial charge in [-0.3, -0.25) is 4.79 Å². The zero-order valence-electron chi connectivity index (χ0n) is 13.1. The second kappa shape index (κ2) is 6.87. The largest absolute Gasteiger partial charge is 0.423 e. The fourth-order valence-electron chi connectivity index (χ4n) is 2.51. The Balaban J connectivity index is 1.75. The van der Waals surface area contributed by atoms with E-state index in [2.05, 4.69) is 5.32 Å². The molecule has 0 aromatic heterocycles. The van der Waals surface area contributed by atoms with Crippen LogP contribution in [0.1, 0.15) is 5.56 Å². The minimum atomic E-state index is -4.51. The van der Waals surface area contributed by atoms with E-state index in [0.717, 1.165) is 12.1 Å². The first-order valence-corrected chi connectivity index (χ1v) is 7.82. The summed E-state index contributed by atoms with van der Waals surface area (Å²) >= 11 is 5.93. The normalized spacial score (nSPS) is 13.8. The lowest BCUT2D eigenvalue weighted by atomic mass is 10.2. The molecule has 136 valence electrons. The minimum absolute atomic E-state index is 0.00993. The molecule has 0 radical (unpaired) electrons. The Kier molecular flexibility index (Phi) is 4.78. The Bertz CT molecular complexity index is 871. The molecule has 0 unspecified atom stereocenters. The smallest absolute Gasteiger partial charge is 0.416 e. The van der Waals surface area contributed by atoms with Crippen LogP contribution in [0.5, 0.6) is 5.75 Å². The van der Waals surface area contributed by atoms with E-state index in [-0.39, 0.29) is 24.5 Å². The van der Waals surface area contributed by atoms with Crippen molar-refractivity contribution in [2.45, 2.75) is 6.18 Å². The zero-order valence-corrected chi connectivity index (χ0v) is 13.9. The molecule has 0 saturated carbocycles. The van der Waals surface area contributed by atoms with E-state index >= 15 is 0 Å². The molecule has 5 nitrogen and oxygen atoms in total. The van der Waals surface area contributed by atoms with E-state index < -0.39 is 23.6 Å². The standard InChI is InChI=1S/C17H12ClF3N2O3/c18-11-4-5-14-13(7-11)23(9-16(25)26-14)8-15(24)22-12-3-1-2-10(6-12)17(19,20)21/h1-7H,8-9H2,(H,22,24). The number of alkyl halides is 3. The summed E-state index contributed by atoms with van der Waals surface area (Å²) in [5, 5.41) is 2.79. The summed E-state index contributed by atoms with van der Waals surface area (Å²) in [7, 11) is 0. The average molecular weight is 385 g/mol. The second-order valence-electron chi connectivity index (χ2n) is 5.57. The number of ether oxygens (including phenoxy) is 1. The summed E-state index contributed by atoms with van der Waals surface area (Å²) in [6.45, 7) is -0.429. The maximum absolute atomic E-state index is 12.7. The molecule has 9 heteroatoms. The second-order valence-corrected chi connectivity index (χ2v) is 6.01. The molecule has 2 aromatic carbocycles. The van der Waals surface area contributed by atoms with Crippen molar-refractivity contribution in [1.82, 2.24) is 0 Å². The highest BCUT2D eigenvalue weighted by molar-refractivity contribution is 6.31. The Morgan fingerprint density at radius 1 is 1.23 bits per heavy atom. The Labute approximate surface area is 151 Å². The van der Waals surface area contributed by atoms with E-state index in [1.807, 2.05) is 0 Å². The molecule has 0 bridgehead atoms. The van der Waals surface area contributed by atoms with Crippen LogP contribution in [0.25, 0.3) is 0 Å². The first kappa shape index (κ1) is 18.1. The van der Waals surface area contributed by atoms with E-state index in [0.29, 0.717) is 10.7 Å². The molecule has 0 aliphatic carbocycles. The van der Waals surface area contributed by atoms with Crippen molar-refractivity contribution < 1.29 is 27.5 Å². The molecule has 0 saturated heterocycles. The number of anilines is 2. The number of hydrogen-bond donors (Lipinski definition) is 1. The maximum atomic E-state index is 12.7. The Hall–Kier alpha value is -2.74. The van der Waals surface area contributed by atoms with Crippen molar-refractivity contribution in [2.75, 3.05) is 23.3 Å². The number of fused-ring (bicyclic) bond motifs is 1. The number of hydrogen-bond acceptors (Lipinski definition) is 4. The molecule has 2 aromatic rings. The fourth-order valence-corrected chi connectivity index (χ4v) is 2.67. The third-order valence-electron chi connectivity index (χ3n) is 3.61. The van der Waals surface area contributed by atoms with E-state index in [4.69, 9.17) is 16.3 Å². The highest BCUT2D eigenvalue weighted by Gasteiger charge is 2.31. The minimum Gasteiger partial charge on any atom is -0.423 e. The molecule has 1 heterocycles. The van der Waals surface area contributed by atoms with Gasteiger partial charge in [0.05, 0.1) is 17.8 Å². The van der Waals surface area contributed by atoms with Crippen molar-refractivity contribution in [2.24, 2.45) is 0 Å². The predicted octanol–water partition coefficient (Wildman–Crippen LogP) is 3.72. The van der Waals surface area contributed by atoms with Crippen LogP contribution in [-0.2, 0) is 15.8 Å². The SMILES string of the molecule is O=C(CN1CC(=O)Oc2ccc(Cl)cc21)Nc1cccc(C(F)(F)F)c1. The van der Waals surface area contributed by atoms with Crippen LogP contribution >= 0.6 is 11.6 Å². The van der Waals surface area contributed by atoms with Crippen molar-refractivity contribution >= 4 is 34.9 Å².